The normalized spacial score (nSPS) is 19.1. The van der Waals surface area contributed by atoms with E-state index in [-0.39, 0.29) is 17.9 Å². The van der Waals surface area contributed by atoms with Crippen molar-refractivity contribution in [3.63, 3.8) is 0 Å². The number of alkyl halides is 3. The van der Waals surface area contributed by atoms with E-state index in [1.165, 1.54) is 30.3 Å². The summed E-state index contributed by atoms with van der Waals surface area (Å²) < 4.78 is 56.1. The highest BCUT2D eigenvalue weighted by molar-refractivity contribution is 6.16. The third-order valence-electron chi connectivity index (χ3n) is 4.25. The van der Waals surface area contributed by atoms with Crippen LogP contribution in [0.4, 0.5) is 17.6 Å². The minimum absolute atomic E-state index is 0.244. The zero-order valence-corrected chi connectivity index (χ0v) is 14.9. The molecule has 0 spiro atoms. The lowest BCUT2D eigenvalue weighted by Crippen LogP contribution is -2.63. The van der Waals surface area contributed by atoms with Crippen LogP contribution in [-0.2, 0) is 4.79 Å². The number of carbonyl (C=O) groups is 2. The lowest BCUT2D eigenvalue weighted by molar-refractivity contribution is -0.196. The Hall–Kier alpha value is -3.49. The second-order valence-electron chi connectivity index (χ2n) is 6.15. The van der Waals surface area contributed by atoms with E-state index in [0.717, 1.165) is 17.0 Å². The van der Waals surface area contributed by atoms with Crippen molar-refractivity contribution in [2.75, 3.05) is 6.54 Å². The van der Waals surface area contributed by atoms with Crippen molar-refractivity contribution in [2.24, 2.45) is 4.99 Å². The molecule has 0 unspecified atom stereocenters. The number of hydrogen-bond acceptors (Lipinski definition) is 3. The van der Waals surface area contributed by atoms with Gasteiger partial charge in [0.1, 0.15) is 11.7 Å². The lowest BCUT2D eigenvalue weighted by atomic mass is 10.1. The largest absolute Gasteiger partial charge is 0.442 e. The average Bonchev–Trinajstić information content (AvgIpc) is 2.96. The third kappa shape index (κ3) is 3.51. The molecule has 0 fully saturated rings. The zero-order valence-electron chi connectivity index (χ0n) is 14.9. The van der Waals surface area contributed by atoms with E-state index in [1.807, 2.05) is 0 Å². The van der Waals surface area contributed by atoms with E-state index in [4.69, 9.17) is 0 Å². The molecule has 1 atom stereocenters. The minimum atomic E-state index is -5.28. The van der Waals surface area contributed by atoms with Crippen molar-refractivity contribution in [3.05, 3.63) is 84.2 Å². The van der Waals surface area contributed by atoms with Crippen LogP contribution in [0, 0.1) is 5.82 Å². The highest BCUT2D eigenvalue weighted by atomic mass is 19.4. The number of nitrogens with one attached hydrogen (secondary N) is 1. The topological polar surface area (TPSA) is 61.8 Å². The van der Waals surface area contributed by atoms with Crippen molar-refractivity contribution < 1.29 is 27.2 Å². The minimum Gasteiger partial charge on any atom is -0.312 e. The van der Waals surface area contributed by atoms with Crippen LogP contribution in [0.5, 0.6) is 0 Å². The number of nitrogens with zero attached hydrogens (tertiary/aromatic N) is 2. The molecule has 150 valence electrons. The maximum Gasteiger partial charge on any atom is 0.442 e. The van der Waals surface area contributed by atoms with Gasteiger partial charge in [0.15, 0.2) is 0 Å². The van der Waals surface area contributed by atoms with Crippen LogP contribution >= 0.6 is 0 Å². The van der Waals surface area contributed by atoms with E-state index in [9.17, 15) is 27.2 Å². The maximum absolute atomic E-state index is 14.1. The van der Waals surface area contributed by atoms with Crippen LogP contribution in [0.2, 0.25) is 0 Å². The maximum atomic E-state index is 14.1. The van der Waals surface area contributed by atoms with E-state index in [0.29, 0.717) is 0 Å². The number of amides is 2. The van der Waals surface area contributed by atoms with Gasteiger partial charge in [-0.1, -0.05) is 48.5 Å². The number of rotatable bonds is 5. The Labute approximate surface area is 163 Å². The monoisotopic (exact) mass is 405 g/mol. The van der Waals surface area contributed by atoms with Gasteiger partial charge in [-0.15, -0.1) is 6.58 Å². The lowest BCUT2D eigenvalue weighted by Gasteiger charge is -2.29. The summed E-state index contributed by atoms with van der Waals surface area (Å²) in [6, 6.07) is 12.3. The predicted octanol–water partition coefficient (Wildman–Crippen LogP) is 3.29. The zero-order chi connectivity index (χ0) is 21.2. The number of halogens is 4. The first kappa shape index (κ1) is 20.2. The number of aliphatic imine (C=N–C) groups is 1. The van der Waals surface area contributed by atoms with Crippen molar-refractivity contribution in [3.8, 4) is 0 Å². The van der Waals surface area contributed by atoms with Gasteiger partial charge < -0.3 is 5.32 Å². The number of benzene rings is 2. The molecule has 1 N–H and O–H groups in total. The highest BCUT2D eigenvalue weighted by Crippen LogP contribution is 2.38. The van der Waals surface area contributed by atoms with Gasteiger partial charge in [0.25, 0.3) is 11.8 Å². The Kier molecular flexibility index (Phi) is 5.23. The molecule has 1 heterocycles. The Balaban J connectivity index is 2.13. The molecule has 3 rings (SSSR count). The first-order valence-corrected chi connectivity index (χ1v) is 8.43. The summed E-state index contributed by atoms with van der Waals surface area (Å²) in [6.07, 6.45) is -4.04. The van der Waals surface area contributed by atoms with Gasteiger partial charge >= 0.3 is 11.8 Å². The first-order valence-electron chi connectivity index (χ1n) is 8.43. The molecule has 5 nitrogen and oxygen atoms in total. The van der Waals surface area contributed by atoms with Gasteiger partial charge in [0.2, 0.25) is 0 Å². The molecular weight excluding hydrogens is 390 g/mol. The fourth-order valence-electron chi connectivity index (χ4n) is 2.88. The van der Waals surface area contributed by atoms with Gasteiger partial charge in [0, 0.05) is 12.1 Å². The van der Waals surface area contributed by atoms with Crippen LogP contribution in [0.1, 0.15) is 15.9 Å². The molecule has 29 heavy (non-hydrogen) atoms. The predicted molar refractivity (Wildman–Crippen MR) is 97.5 cm³/mol. The molecule has 2 aromatic rings. The molecular formula is C20H15F4N3O2. The Morgan fingerprint density at radius 1 is 1.14 bits per heavy atom. The third-order valence-corrected chi connectivity index (χ3v) is 4.25. The van der Waals surface area contributed by atoms with Gasteiger partial charge in [-0.3, -0.25) is 14.5 Å². The van der Waals surface area contributed by atoms with Crippen LogP contribution in [0.15, 0.2) is 72.2 Å². The molecule has 0 saturated heterocycles. The molecule has 1 aliphatic rings. The number of hydrogen-bond donors (Lipinski definition) is 1. The first-order chi connectivity index (χ1) is 13.7. The van der Waals surface area contributed by atoms with Crippen molar-refractivity contribution in [2.45, 2.75) is 11.8 Å². The second-order valence-corrected chi connectivity index (χ2v) is 6.15. The quantitative estimate of drug-likeness (QED) is 0.613. The van der Waals surface area contributed by atoms with Crippen molar-refractivity contribution >= 4 is 17.6 Å². The van der Waals surface area contributed by atoms with Gasteiger partial charge in [-0.25, -0.2) is 9.38 Å². The molecule has 0 radical (unpaired) electrons. The number of amidine groups is 1. The summed E-state index contributed by atoms with van der Waals surface area (Å²) in [4.78, 5) is 29.6. The molecule has 2 aromatic carbocycles. The van der Waals surface area contributed by atoms with E-state index in [2.05, 4.69) is 11.6 Å². The Morgan fingerprint density at radius 2 is 1.76 bits per heavy atom. The van der Waals surface area contributed by atoms with Crippen LogP contribution in [0.25, 0.3) is 0 Å². The van der Waals surface area contributed by atoms with Gasteiger partial charge in [-0.2, -0.15) is 13.2 Å². The molecule has 1 aliphatic heterocycles. The van der Waals surface area contributed by atoms with Gasteiger partial charge in [-0.05, 0) is 12.1 Å². The molecule has 2 amide bonds. The summed E-state index contributed by atoms with van der Waals surface area (Å²) in [5, 5.41) is 1.61. The SMILES string of the molecule is C=CCN1C(=O)[C@@](NC(=O)c2ccccc2F)(C(F)(F)F)N=C1c1ccccc1. The van der Waals surface area contributed by atoms with Crippen LogP contribution < -0.4 is 5.32 Å². The molecule has 0 aromatic heterocycles. The Bertz CT molecular complexity index is 989. The number of carbonyl (C=O) groups excluding carboxylic acids is 2. The average molecular weight is 405 g/mol. The molecule has 0 aliphatic carbocycles. The summed E-state index contributed by atoms with van der Waals surface area (Å²) in [6.45, 7) is 3.19. The smallest absolute Gasteiger partial charge is 0.312 e. The van der Waals surface area contributed by atoms with E-state index < -0.39 is 35.0 Å². The summed E-state index contributed by atoms with van der Waals surface area (Å²) in [5.41, 5.74) is -3.97. The second kappa shape index (κ2) is 7.50. The standard InChI is InChI=1S/C20H15F4N3O2/c1-2-12-27-16(13-8-4-3-5-9-13)25-19(18(27)29,20(22,23)24)26-17(28)14-10-6-7-11-15(14)21/h2-11H,1,12H2,(H,26,28)/t19-/m1/s1. The Morgan fingerprint density at radius 3 is 2.34 bits per heavy atom. The van der Waals surface area contributed by atoms with Crippen LogP contribution in [0.3, 0.4) is 0 Å². The van der Waals surface area contributed by atoms with E-state index in [1.54, 1.807) is 23.5 Å². The summed E-state index contributed by atoms with van der Waals surface area (Å²) in [5.74, 6) is -4.22. The molecule has 0 saturated carbocycles. The highest BCUT2D eigenvalue weighted by Gasteiger charge is 2.67. The fourth-order valence-corrected chi connectivity index (χ4v) is 2.88. The summed E-state index contributed by atoms with van der Waals surface area (Å²) >= 11 is 0. The van der Waals surface area contributed by atoms with E-state index >= 15 is 0 Å². The molecule has 9 heteroatoms. The van der Waals surface area contributed by atoms with Crippen LogP contribution in [-0.4, -0.2) is 40.9 Å². The van der Waals surface area contributed by atoms with Crippen molar-refractivity contribution in [1.82, 2.24) is 10.2 Å². The van der Waals surface area contributed by atoms with Gasteiger partial charge in [0.05, 0.1) is 5.56 Å². The fraction of sp³-hybridized carbons (Fsp3) is 0.150. The molecule has 0 bridgehead atoms. The summed E-state index contributed by atoms with van der Waals surface area (Å²) in [7, 11) is 0. The van der Waals surface area contributed by atoms with Crippen molar-refractivity contribution in [1.29, 1.82) is 0 Å².